The fourth-order valence-electron chi connectivity index (χ4n) is 0.841. The zero-order chi connectivity index (χ0) is 11.6. The maximum atomic E-state index is 12.9. The van der Waals surface area contributed by atoms with Crippen LogP contribution in [-0.2, 0) is 6.54 Å². The molecule has 1 aromatic heterocycles. The Morgan fingerprint density at radius 1 is 1.40 bits per heavy atom. The fourth-order valence-corrected chi connectivity index (χ4v) is 0.841. The number of rotatable bonds is 2. The topological polar surface area (TPSA) is 74.2 Å². The molecule has 0 saturated heterocycles. The van der Waals surface area contributed by atoms with Gasteiger partial charge in [0.05, 0.1) is 5.69 Å². The third-order valence-electron chi connectivity index (χ3n) is 1.45. The minimum absolute atomic E-state index is 0.0825. The first-order chi connectivity index (χ1) is 6.83. The molecule has 0 atom stereocenters. The molecule has 0 aromatic carbocycles. The Morgan fingerprint density at radius 2 is 2.00 bits per heavy atom. The van der Waals surface area contributed by atoms with Crippen LogP contribution in [0.4, 0.5) is 23.2 Å². The number of aromatic nitrogens is 1. The largest absolute Gasteiger partial charge is 0.574 e. The predicted molar refractivity (Wildman–Crippen MR) is 43.2 cm³/mol. The molecular formula is C7H7F4N3O. The molecule has 0 saturated carbocycles. The van der Waals surface area contributed by atoms with Gasteiger partial charge in [0.1, 0.15) is 5.69 Å². The number of anilines is 1. The van der Waals surface area contributed by atoms with Gasteiger partial charge in [-0.05, 0) is 6.07 Å². The van der Waals surface area contributed by atoms with Crippen molar-refractivity contribution < 1.29 is 22.3 Å². The van der Waals surface area contributed by atoms with Crippen molar-refractivity contribution >= 4 is 5.69 Å². The van der Waals surface area contributed by atoms with Crippen LogP contribution in [-0.4, -0.2) is 11.3 Å². The first-order valence-electron chi connectivity index (χ1n) is 3.74. The van der Waals surface area contributed by atoms with Crippen LogP contribution in [0, 0.1) is 5.82 Å². The van der Waals surface area contributed by atoms with Crippen LogP contribution in [0.1, 0.15) is 5.69 Å². The molecule has 0 aliphatic heterocycles. The first-order valence-corrected chi connectivity index (χ1v) is 3.74. The predicted octanol–water partition coefficient (Wildman–Crippen LogP) is 1.16. The number of nitrogens with two attached hydrogens (primary N) is 2. The van der Waals surface area contributed by atoms with E-state index in [1.807, 2.05) is 0 Å². The third kappa shape index (κ3) is 2.94. The smallest absolute Gasteiger partial charge is 0.392 e. The van der Waals surface area contributed by atoms with E-state index in [1.165, 1.54) is 0 Å². The van der Waals surface area contributed by atoms with E-state index in [4.69, 9.17) is 11.5 Å². The Morgan fingerprint density at radius 3 is 2.47 bits per heavy atom. The van der Waals surface area contributed by atoms with E-state index in [1.54, 1.807) is 0 Å². The number of ether oxygens (including phenoxy) is 1. The fraction of sp³-hybridized carbons (Fsp3) is 0.286. The molecule has 1 heterocycles. The van der Waals surface area contributed by atoms with Crippen LogP contribution in [0.15, 0.2) is 6.07 Å². The number of halogens is 4. The monoisotopic (exact) mass is 225 g/mol. The van der Waals surface area contributed by atoms with E-state index in [0.717, 1.165) is 6.07 Å². The van der Waals surface area contributed by atoms with Gasteiger partial charge in [-0.3, -0.25) is 0 Å². The summed E-state index contributed by atoms with van der Waals surface area (Å²) in [7, 11) is 0. The Bertz CT molecular complexity index is 366. The highest BCUT2D eigenvalue weighted by Gasteiger charge is 2.33. The van der Waals surface area contributed by atoms with Crippen LogP contribution in [0.3, 0.4) is 0 Å². The lowest BCUT2D eigenvalue weighted by atomic mass is 10.3. The van der Waals surface area contributed by atoms with E-state index in [0.29, 0.717) is 0 Å². The molecule has 0 spiro atoms. The second-order valence-electron chi connectivity index (χ2n) is 2.57. The summed E-state index contributed by atoms with van der Waals surface area (Å²) in [4.78, 5) is 3.30. The molecule has 0 bridgehead atoms. The van der Waals surface area contributed by atoms with Gasteiger partial charge in [0.2, 0.25) is 5.88 Å². The maximum absolute atomic E-state index is 12.9. The van der Waals surface area contributed by atoms with Crippen molar-refractivity contribution in [1.29, 1.82) is 0 Å². The highest BCUT2D eigenvalue weighted by atomic mass is 19.4. The molecule has 1 rings (SSSR count). The summed E-state index contributed by atoms with van der Waals surface area (Å²) in [5.74, 6) is -2.08. The summed E-state index contributed by atoms with van der Waals surface area (Å²) in [6.07, 6.45) is -4.97. The van der Waals surface area contributed by atoms with Crippen molar-refractivity contribution in [3.05, 3.63) is 17.6 Å². The minimum atomic E-state index is -4.97. The normalized spacial score (nSPS) is 11.5. The number of pyridine rings is 1. The Balaban J connectivity index is 3.11. The Kier molecular flexibility index (Phi) is 2.98. The molecule has 4 N–H and O–H groups in total. The molecule has 0 unspecified atom stereocenters. The summed E-state index contributed by atoms with van der Waals surface area (Å²) in [5.41, 5.74) is 9.22. The Hall–Kier alpha value is -1.57. The summed E-state index contributed by atoms with van der Waals surface area (Å²) in [6, 6.07) is 0.846. The summed E-state index contributed by atoms with van der Waals surface area (Å²) >= 11 is 0. The molecule has 0 amide bonds. The van der Waals surface area contributed by atoms with Gasteiger partial charge >= 0.3 is 6.36 Å². The lowest BCUT2D eigenvalue weighted by molar-refractivity contribution is -0.275. The second-order valence-corrected chi connectivity index (χ2v) is 2.57. The lowest BCUT2D eigenvalue weighted by Gasteiger charge is -2.11. The molecular weight excluding hydrogens is 218 g/mol. The molecule has 1 aromatic rings. The molecule has 0 radical (unpaired) electrons. The van der Waals surface area contributed by atoms with E-state index >= 15 is 0 Å². The number of hydrogen-bond donors (Lipinski definition) is 2. The first kappa shape index (κ1) is 11.5. The summed E-state index contributed by atoms with van der Waals surface area (Å²) in [5, 5.41) is 0. The number of nitrogen functional groups attached to an aromatic ring is 1. The number of hydrogen-bond acceptors (Lipinski definition) is 4. The lowest BCUT2D eigenvalue weighted by Crippen LogP contribution is -2.20. The van der Waals surface area contributed by atoms with Gasteiger partial charge in [-0.15, -0.1) is 13.2 Å². The zero-order valence-corrected chi connectivity index (χ0v) is 7.31. The average Bonchev–Trinajstić information content (AvgIpc) is 2.10. The SMILES string of the molecule is NCc1cc(F)c(N)c(OC(F)(F)F)n1. The average molecular weight is 225 g/mol. The highest BCUT2D eigenvalue weighted by Crippen LogP contribution is 2.28. The van der Waals surface area contributed by atoms with Crippen LogP contribution in [0.2, 0.25) is 0 Å². The summed E-state index contributed by atoms with van der Waals surface area (Å²) < 4.78 is 51.8. The van der Waals surface area contributed by atoms with Crippen molar-refractivity contribution in [3.8, 4) is 5.88 Å². The van der Waals surface area contributed by atoms with Crippen LogP contribution >= 0.6 is 0 Å². The van der Waals surface area contributed by atoms with E-state index in [2.05, 4.69) is 9.72 Å². The van der Waals surface area contributed by atoms with E-state index < -0.39 is 23.7 Å². The van der Waals surface area contributed by atoms with Crippen molar-refractivity contribution in [3.63, 3.8) is 0 Å². The number of alkyl halides is 3. The molecule has 84 valence electrons. The molecule has 8 heteroatoms. The standard InChI is InChI=1S/C7H7F4N3O/c8-4-1-3(2-12)14-6(5(4)13)15-7(9,10)11/h1H,2,12-13H2. The van der Waals surface area contributed by atoms with Crippen molar-refractivity contribution in [2.45, 2.75) is 12.9 Å². The van der Waals surface area contributed by atoms with Crippen LogP contribution in [0.25, 0.3) is 0 Å². The molecule has 0 aliphatic carbocycles. The zero-order valence-electron chi connectivity index (χ0n) is 7.31. The van der Waals surface area contributed by atoms with Crippen molar-refractivity contribution in [2.24, 2.45) is 5.73 Å². The third-order valence-corrected chi connectivity index (χ3v) is 1.45. The molecule has 0 aliphatic rings. The van der Waals surface area contributed by atoms with Gasteiger partial charge < -0.3 is 16.2 Å². The molecule has 15 heavy (non-hydrogen) atoms. The quantitative estimate of drug-likeness (QED) is 0.740. The Labute approximate surface area is 81.8 Å². The van der Waals surface area contributed by atoms with Crippen molar-refractivity contribution in [1.82, 2.24) is 4.98 Å². The molecule has 4 nitrogen and oxygen atoms in total. The van der Waals surface area contributed by atoms with Gasteiger partial charge in [-0.2, -0.15) is 0 Å². The number of nitrogens with zero attached hydrogens (tertiary/aromatic N) is 1. The molecule has 0 fully saturated rings. The van der Waals surface area contributed by atoms with Crippen LogP contribution < -0.4 is 16.2 Å². The van der Waals surface area contributed by atoms with Gasteiger partial charge in [0.15, 0.2) is 5.82 Å². The highest BCUT2D eigenvalue weighted by molar-refractivity contribution is 5.49. The van der Waals surface area contributed by atoms with Gasteiger partial charge in [-0.1, -0.05) is 0 Å². The summed E-state index contributed by atoms with van der Waals surface area (Å²) in [6.45, 7) is -0.217. The second kappa shape index (κ2) is 3.89. The van der Waals surface area contributed by atoms with E-state index in [9.17, 15) is 17.6 Å². The van der Waals surface area contributed by atoms with Gasteiger partial charge in [0.25, 0.3) is 0 Å². The van der Waals surface area contributed by atoms with E-state index in [-0.39, 0.29) is 12.2 Å². The maximum Gasteiger partial charge on any atom is 0.574 e. The minimum Gasteiger partial charge on any atom is -0.392 e. The van der Waals surface area contributed by atoms with Gasteiger partial charge in [0, 0.05) is 6.54 Å². The van der Waals surface area contributed by atoms with Crippen LogP contribution in [0.5, 0.6) is 5.88 Å². The van der Waals surface area contributed by atoms with Crippen molar-refractivity contribution in [2.75, 3.05) is 5.73 Å². The van der Waals surface area contributed by atoms with Gasteiger partial charge in [-0.25, -0.2) is 9.37 Å².